The van der Waals surface area contributed by atoms with Gasteiger partial charge in [0.15, 0.2) is 5.78 Å². The molecule has 8 nitrogen and oxygen atoms in total. The van der Waals surface area contributed by atoms with Gasteiger partial charge in [0.2, 0.25) is 0 Å². The number of benzene rings is 10. The van der Waals surface area contributed by atoms with E-state index in [0.29, 0.717) is 18.6 Å². The molecule has 2 unspecified atom stereocenters. The number of aliphatic hydroxyl groups excluding tert-OH is 2. The smallest absolute Gasteiger partial charge is 0.155 e. The summed E-state index contributed by atoms with van der Waals surface area (Å²) in [6.45, 7) is 0. The highest BCUT2D eigenvalue weighted by molar-refractivity contribution is 5.90. The molecular formula is C102H112N2O6. The van der Waals surface area contributed by atoms with Crippen molar-refractivity contribution in [2.24, 2.45) is 0 Å². The first kappa shape index (κ1) is 89.1. The topological polar surface area (TPSA) is 156 Å². The van der Waals surface area contributed by atoms with Crippen molar-refractivity contribution in [3.8, 4) is 12.1 Å². The number of nitrogens with zero attached hydrogens (tertiary/aromatic N) is 2. The fourth-order valence-electron chi connectivity index (χ4n) is 12.0. The Bertz CT molecular complexity index is 4200. The molecule has 0 saturated heterocycles. The average molecular weight is 1460 g/mol. The first-order valence-corrected chi connectivity index (χ1v) is 39.1. The van der Waals surface area contributed by atoms with Crippen molar-refractivity contribution in [2.75, 3.05) is 0 Å². The summed E-state index contributed by atoms with van der Waals surface area (Å²) >= 11 is 0. The summed E-state index contributed by atoms with van der Waals surface area (Å²) in [4.78, 5) is 40.7. The van der Waals surface area contributed by atoms with Crippen molar-refractivity contribution in [3.63, 3.8) is 0 Å². The molecule has 14 rings (SSSR count). The molecule has 4 aliphatic carbocycles. The molecule has 0 spiro atoms. The van der Waals surface area contributed by atoms with Crippen LogP contribution in [0.25, 0.3) is 23.8 Å². The number of ketones is 2. The van der Waals surface area contributed by atoms with Gasteiger partial charge in [-0.3, -0.25) is 14.4 Å². The van der Waals surface area contributed by atoms with Crippen LogP contribution in [-0.4, -0.2) is 34.4 Å². The normalized spacial score (nSPS) is 13.8. The minimum Gasteiger partial charge on any atom is -0.388 e. The average Bonchev–Trinajstić information content (AvgIpc) is 0.903. The van der Waals surface area contributed by atoms with Gasteiger partial charge < -0.3 is 15.0 Å². The Morgan fingerprint density at radius 3 is 1.31 bits per heavy atom. The summed E-state index contributed by atoms with van der Waals surface area (Å²) < 4.78 is 0. The highest BCUT2D eigenvalue weighted by Crippen LogP contribution is 2.32. The standard InChI is InChI=1S/C15H16O.C15H14O.C12H16.C12H14.C9H9N.C9H7N.C9H10O.C9H8O.C6H10O.C6H8O/c2*16-15(14-9-5-2-6-10-14)12-11-13-7-3-1-4-8-13;2*1-3-7-11(8-4-1)12-9-5-2-6-10-12;4*10-8-4-7-9-5-2-1-3-6-9;2*7-6-4-2-1-3-5-6/h1-10,15-16H,11-12H2;1-12,15-16H;1,3-4,7-8,12H,2,5-6,9-10H2;1,3-4,7-9H,2,5-6,10H2;1-3,5-6H,4,7H2;1-7H;1-3,5-6,8H,4,7H2;1-8H;1-5H2;2,4H,1,3,5H2/b;12-11+;;;;7-4+;;7-4+;;. The summed E-state index contributed by atoms with van der Waals surface area (Å²) in [7, 11) is 0. The van der Waals surface area contributed by atoms with Gasteiger partial charge in [-0.2, -0.15) is 10.5 Å². The van der Waals surface area contributed by atoms with Gasteiger partial charge in [0.1, 0.15) is 18.4 Å². The summed E-state index contributed by atoms with van der Waals surface area (Å²) in [5.41, 5.74) is 13.4. The summed E-state index contributed by atoms with van der Waals surface area (Å²) in [5.74, 6) is 1.61. The highest BCUT2D eigenvalue weighted by Gasteiger charge is 2.15. The zero-order valence-electron chi connectivity index (χ0n) is 64.1. The van der Waals surface area contributed by atoms with Crippen molar-refractivity contribution in [2.45, 2.75) is 166 Å². The third kappa shape index (κ3) is 43.3. The van der Waals surface area contributed by atoms with Crippen molar-refractivity contribution in [1.82, 2.24) is 0 Å². The van der Waals surface area contributed by atoms with Crippen LogP contribution in [0.15, 0.2) is 340 Å². The number of carbonyl (C=O) groups excluding carboxylic acids is 4. The number of hydrogen-bond acceptors (Lipinski definition) is 8. The molecule has 0 amide bonds. The third-order valence-corrected chi connectivity index (χ3v) is 18.0. The lowest BCUT2D eigenvalue weighted by molar-refractivity contribution is -0.120. The number of aryl methyl sites for hydroxylation is 3. The fraction of sp³-hybridized carbons (Fsp3) is 0.255. The number of aliphatic hydroxyl groups is 2. The van der Waals surface area contributed by atoms with E-state index in [0.717, 1.165) is 117 Å². The monoisotopic (exact) mass is 1460 g/mol. The largest absolute Gasteiger partial charge is 0.388 e. The Morgan fingerprint density at radius 1 is 0.427 bits per heavy atom. The molecule has 0 radical (unpaired) electrons. The van der Waals surface area contributed by atoms with Crippen molar-refractivity contribution in [3.05, 3.63) is 395 Å². The first-order valence-electron chi connectivity index (χ1n) is 39.1. The van der Waals surface area contributed by atoms with E-state index in [-0.39, 0.29) is 11.9 Å². The zero-order chi connectivity index (χ0) is 78.0. The van der Waals surface area contributed by atoms with E-state index in [9.17, 15) is 29.4 Å². The molecule has 8 heteroatoms. The third-order valence-electron chi connectivity index (χ3n) is 18.0. The number of nitriles is 2. The van der Waals surface area contributed by atoms with E-state index < -0.39 is 6.10 Å². The predicted octanol–water partition coefficient (Wildman–Crippen LogP) is 25.1. The maximum atomic E-state index is 10.5. The summed E-state index contributed by atoms with van der Waals surface area (Å²) in [6, 6.07) is 105. The van der Waals surface area contributed by atoms with E-state index in [1.807, 2.05) is 249 Å². The van der Waals surface area contributed by atoms with E-state index in [2.05, 4.69) is 84.9 Å². The molecule has 566 valence electrons. The van der Waals surface area contributed by atoms with Crippen LogP contribution in [0.4, 0.5) is 0 Å². The first-order chi connectivity index (χ1) is 54.2. The molecule has 0 aromatic heterocycles. The molecule has 110 heavy (non-hydrogen) atoms. The van der Waals surface area contributed by atoms with Gasteiger partial charge in [-0.1, -0.05) is 359 Å². The number of allylic oxidation sites excluding steroid dienone is 6. The Hall–Kier alpha value is -11.5. The van der Waals surface area contributed by atoms with Gasteiger partial charge in [-0.15, -0.1) is 0 Å². The number of hydrogen-bond donors (Lipinski definition) is 2. The second-order valence-corrected chi connectivity index (χ2v) is 26.6. The maximum Gasteiger partial charge on any atom is 0.155 e. The van der Waals surface area contributed by atoms with Gasteiger partial charge in [-0.25, -0.2) is 0 Å². The van der Waals surface area contributed by atoms with Gasteiger partial charge >= 0.3 is 0 Å². The Kier molecular flexibility index (Phi) is 49.0. The van der Waals surface area contributed by atoms with E-state index in [1.165, 1.54) is 98.6 Å². The molecule has 2 saturated carbocycles. The Labute approximate surface area is 657 Å². The summed E-state index contributed by atoms with van der Waals surface area (Å²) in [5, 5.41) is 36.3. The van der Waals surface area contributed by atoms with Crippen LogP contribution in [0.3, 0.4) is 0 Å². The van der Waals surface area contributed by atoms with Crippen LogP contribution in [0.5, 0.6) is 0 Å². The minimum atomic E-state index is -0.540. The SMILES string of the molecule is C1=C(c2ccccc2)CCCC1.N#C/C=C/c1ccccc1.N#CCCc1ccccc1.O=C/C=C/c1ccccc1.O=C1C=CCCC1.O=C1CCCCC1.O=CCCc1ccccc1.OC(/C=C/c1ccccc1)c1ccccc1.OC(CCc1ccccc1)c1ccccc1.c1ccc(C2CCCCC2)cc1. The molecule has 10 aromatic carbocycles. The molecule has 2 atom stereocenters. The second-order valence-electron chi connectivity index (χ2n) is 26.6. The van der Waals surface area contributed by atoms with E-state index >= 15 is 0 Å². The number of Topliss-reactive ketones (excluding diaryl/α,β-unsaturated/α-hetero) is 1. The predicted molar refractivity (Wildman–Crippen MR) is 458 cm³/mol. The van der Waals surface area contributed by atoms with E-state index in [1.54, 1.807) is 35.4 Å². The summed E-state index contributed by atoms with van der Waals surface area (Å²) in [6.07, 6.45) is 42.2. The van der Waals surface area contributed by atoms with Crippen molar-refractivity contribution in [1.29, 1.82) is 10.5 Å². The lowest BCUT2D eigenvalue weighted by atomic mass is 9.84. The number of aldehydes is 2. The Morgan fingerprint density at radius 2 is 0.873 bits per heavy atom. The van der Waals surface area contributed by atoms with Crippen molar-refractivity contribution < 1.29 is 29.4 Å². The van der Waals surface area contributed by atoms with Crippen LogP contribution in [0, 0.1) is 22.7 Å². The lowest BCUT2D eigenvalue weighted by Crippen LogP contribution is -2.03. The van der Waals surface area contributed by atoms with Crippen LogP contribution in [-0.2, 0) is 38.4 Å². The zero-order valence-corrected chi connectivity index (χ0v) is 64.1. The Balaban J connectivity index is 0.000000221. The molecule has 0 bridgehead atoms. The molecule has 0 aliphatic heterocycles. The van der Waals surface area contributed by atoms with Crippen LogP contribution < -0.4 is 0 Å². The molecule has 10 aromatic rings. The molecular weight excluding hydrogens is 1350 g/mol. The van der Waals surface area contributed by atoms with Crippen LogP contribution in [0.2, 0.25) is 0 Å². The molecule has 4 aliphatic rings. The van der Waals surface area contributed by atoms with Crippen LogP contribution >= 0.6 is 0 Å². The van der Waals surface area contributed by atoms with Crippen molar-refractivity contribution >= 4 is 47.9 Å². The van der Waals surface area contributed by atoms with Gasteiger partial charge in [-0.05, 0) is 175 Å². The van der Waals surface area contributed by atoms with Gasteiger partial charge in [0.05, 0.1) is 24.3 Å². The fourth-order valence-corrected chi connectivity index (χ4v) is 12.0. The highest BCUT2D eigenvalue weighted by atomic mass is 16.3. The minimum absolute atomic E-state index is 0.284. The lowest BCUT2D eigenvalue weighted by Gasteiger charge is -2.21. The maximum absolute atomic E-state index is 10.5. The number of rotatable bonds is 17. The quantitative estimate of drug-likeness (QED) is 0.0518. The molecule has 0 heterocycles. The van der Waals surface area contributed by atoms with Gasteiger partial charge in [0, 0.05) is 38.2 Å². The second kappa shape index (κ2) is 60.5. The van der Waals surface area contributed by atoms with Crippen LogP contribution in [0.1, 0.15) is 202 Å². The molecule has 2 fully saturated rings. The van der Waals surface area contributed by atoms with E-state index in [4.69, 9.17) is 10.5 Å². The van der Waals surface area contributed by atoms with Gasteiger partial charge in [0.25, 0.3) is 0 Å². The number of carbonyl (C=O) groups is 4. The molecule has 2 N–H and O–H groups in total.